The summed E-state index contributed by atoms with van der Waals surface area (Å²) in [5.41, 5.74) is 0.300. The number of nitrogens with one attached hydrogen (secondary N) is 2. The number of H-pyrrole nitrogens is 1. The van der Waals surface area contributed by atoms with Crippen LogP contribution in [-0.4, -0.2) is 81.4 Å². The molecule has 6 rings (SSSR count). The lowest BCUT2D eigenvalue weighted by atomic mass is 9.46. The van der Waals surface area contributed by atoms with Crippen molar-refractivity contribution in [3.63, 3.8) is 0 Å². The van der Waals surface area contributed by atoms with Gasteiger partial charge in [-0.1, -0.05) is 50.3 Å². The summed E-state index contributed by atoms with van der Waals surface area (Å²) < 4.78 is 17.3. The van der Waals surface area contributed by atoms with Gasteiger partial charge in [0.2, 0.25) is 0 Å². The van der Waals surface area contributed by atoms with Crippen LogP contribution < -0.4 is 5.32 Å². The van der Waals surface area contributed by atoms with Gasteiger partial charge in [0.25, 0.3) is 5.91 Å². The number of carbonyl (C=O) groups is 3. The number of benzene rings is 1. The molecule has 11 heteroatoms. The van der Waals surface area contributed by atoms with Crippen LogP contribution >= 0.6 is 0 Å². The molecule has 0 bridgehead atoms. The molecule has 2 heterocycles. The van der Waals surface area contributed by atoms with Crippen LogP contribution in [0.1, 0.15) is 55.0 Å². The Balaban J connectivity index is 1.25. The fourth-order valence-corrected chi connectivity index (χ4v) is 8.67. The first-order chi connectivity index (χ1) is 22.4. The number of aromatic nitrogens is 1. The molecule has 0 spiro atoms. The summed E-state index contributed by atoms with van der Waals surface area (Å²) in [6.07, 6.45) is 3.23. The molecule has 2 aromatic rings. The number of cyclic esters (lactones) is 1. The van der Waals surface area contributed by atoms with Crippen molar-refractivity contribution in [3.05, 3.63) is 77.7 Å². The molecular weight excluding hydrogens is 604 g/mol. The van der Waals surface area contributed by atoms with Gasteiger partial charge in [0.15, 0.2) is 6.10 Å². The van der Waals surface area contributed by atoms with Gasteiger partial charge < -0.3 is 39.8 Å². The summed E-state index contributed by atoms with van der Waals surface area (Å²) in [6, 6.07) is 10.3. The van der Waals surface area contributed by atoms with Gasteiger partial charge in [0.05, 0.1) is 23.5 Å². The van der Waals surface area contributed by atoms with Crippen LogP contribution in [0.5, 0.6) is 0 Å². The van der Waals surface area contributed by atoms with E-state index in [1.807, 2.05) is 45.1 Å². The minimum Gasteiger partial charge on any atom is -0.457 e. The first-order valence-corrected chi connectivity index (χ1v) is 16.3. The number of aromatic amines is 1. The van der Waals surface area contributed by atoms with Crippen LogP contribution in [0.15, 0.2) is 66.4 Å². The van der Waals surface area contributed by atoms with E-state index in [1.165, 1.54) is 19.4 Å². The summed E-state index contributed by atoms with van der Waals surface area (Å²) in [5, 5.41) is 37.5. The van der Waals surface area contributed by atoms with E-state index in [2.05, 4.69) is 10.3 Å². The Kier molecular flexibility index (Phi) is 8.94. The highest BCUT2D eigenvalue weighted by atomic mass is 16.6. The van der Waals surface area contributed by atoms with E-state index in [-0.39, 0.29) is 35.8 Å². The van der Waals surface area contributed by atoms with Crippen molar-refractivity contribution in [1.82, 2.24) is 4.98 Å². The van der Waals surface area contributed by atoms with Crippen LogP contribution in [0.3, 0.4) is 0 Å². The largest absolute Gasteiger partial charge is 0.457 e. The van der Waals surface area contributed by atoms with Gasteiger partial charge >= 0.3 is 11.9 Å². The molecule has 5 N–H and O–H groups in total. The first-order valence-electron chi connectivity index (χ1n) is 16.3. The number of aliphatic hydroxyl groups excluding tert-OH is 2. The summed E-state index contributed by atoms with van der Waals surface area (Å²) in [4.78, 5) is 41.9. The van der Waals surface area contributed by atoms with E-state index in [4.69, 9.17) is 14.2 Å². The molecule has 11 nitrogen and oxygen atoms in total. The fraction of sp³-hybridized carbons (Fsp3) is 0.528. The normalized spacial score (nSPS) is 39.5. The van der Waals surface area contributed by atoms with Gasteiger partial charge in [-0.15, -0.1) is 0 Å². The number of methoxy groups -OCH3 is 1. The molecule has 1 aromatic heterocycles. The van der Waals surface area contributed by atoms with Crippen molar-refractivity contribution in [2.24, 2.45) is 41.4 Å². The second-order valence-corrected chi connectivity index (χ2v) is 13.7. The number of esters is 2. The molecule has 1 amide bonds. The van der Waals surface area contributed by atoms with Gasteiger partial charge in [-0.3, -0.25) is 4.79 Å². The van der Waals surface area contributed by atoms with E-state index in [0.717, 1.165) is 0 Å². The van der Waals surface area contributed by atoms with Crippen molar-refractivity contribution in [2.75, 3.05) is 12.4 Å². The fourth-order valence-electron chi connectivity index (χ4n) is 8.67. The number of allylic oxidation sites excluding steroid dienone is 1. The number of hydrogen-bond acceptors (Lipinski definition) is 9. The van der Waals surface area contributed by atoms with Gasteiger partial charge in [-0.05, 0) is 55.9 Å². The molecule has 2 fully saturated rings. The summed E-state index contributed by atoms with van der Waals surface area (Å²) in [5.74, 6) is -4.08. The second kappa shape index (κ2) is 12.7. The quantitative estimate of drug-likeness (QED) is 0.233. The van der Waals surface area contributed by atoms with E-state index in [9.17, 15) is 29.7 Å². The van der Waals surface area contributed by atoms with Crippen molar-refractivity contribution in [2.45, 2.75) is 70.2 Å². The van der Waals surface area contributed by atoms with Crippen molar-refractivity contribution in [3.8, 4) is 0 Å². The Morgan fingerprint density at radius 1 is 1.15 bits per heavy atom. The maximum Gasteiger partial charge on any atom is 0.355 e. The molecule has 2 saturated carbocycles. The maximum atomic E-state index is 13.4. The maximum absolute atomic E-state index is 13.4. The van der Waals surface area contributed by atoms with Gasteiger partial charge in [-0.25, -0.2) is 9.59 Å². The predicted molar refractivity (Wildman–Crippen MR) is 171 cm³/mol. The molecule has 1 aliphatic heterocycles. The number of amides is 1. The zero-order valence-electron chi connectivity index (χ0n) is 27.2. The zero-order chi connectivity index (χ0) is 33.8. The first kappa shape index (κ1) is 33.1. The van der Waals surface area contributed by atoms with Crippen LogP contribution in [0, 0.1) is 41.4 Å². The smallest absolute Gasteiger partial charge is 0.355 e. The minimum absolute atomic E-state index is 0.148. The summed E-state index contributed by atoms with van der Waals surface area (Å²) in [7, 11) is 1.42. The third kappa shape index (κ3) is 5.62. The Morgan fingerprint density at radius 2 is 1.87 bits per heavy atom. The van der Waals surface area contributed by atoms with Crippen LogP contribution in [0.2, 0.25) is 0 Å². The highest BCUT2D eigenvalue weighted by molar-refractivity contribution is 6.04. The van der Waals surface area contributed by atoms with Crippen LogP contribution in [-0.2, 0) is 19.0 Å². The van der Waals surface area contributed by atoms with E-state index < -0.39 is 71.7 Å². The Bertz CT molecular complexity index is 1570. The standard InChI is InChI=1S/C36H44N2O9/c1-17-13-18(2)36(44)22(14-26(45-5)35(43)46-31(17)20(4)39)11-12-24-27-28(29(24)36)30(40)19(3)32(27)47-34(42)25-15-23(16-37-25)38-33(41)21-9-7-6-8-10-21/h6-13,15-17,19-20,22,24,26-32,37,39-40,44H,14H2,1-5H3,(H,38,41)/b18-13+/t17-,19-,20-,22-,24?,26+,27+,28?,29?,30-,31?,32-,36+/m1/s1. The number of fused-ring (bicyclic) bond motifs is 6. The topological polar surface area (TPSA) is 167 Å². The Hall–Kier alpha value is -3.77. The van der Waals surface area contributed by atoms with Crippen LogP contribution in [0.4, 0.5) is 5.69 Å². The third-order valence-corrected chi connectivity index (χ3v) is 11.0. The molecule has 0 radical (unpaired) electrons. The Morgan fingerprint density at radius 3 is 2.55 bits per heavy atom. The minimum atomic E-state index is -1.43. The van der Waals surface area contributed by atoms with E-state index in [1.54, 1.807) is 31.2 Å². The molecule has 4 unspecified atom stereocenters. The lowest BCUT2D eigenvalue weighted by Gasteiger charge is -2.61. The molecule has 4 aliphatic rings. The van der Waals surface area contributed by atoms with Gasteiger partial charge in [-0.2, -0.15) is 0 Å². The number of ether oxygens (including phenoxy) is 3. The van der Waals surface area contributed by atoms with Crippen LogP contribution in [0.25, 0.3) is 0 Å². The molecule has 47 heavy (non-hydrogen) atoms. The van der Waals surface area contributed by atoms with Gasteiger partial charge in [0.1, 0.15) is 17.9 Å². The lowest BCUT2D eigenvalue weighted by molar-refractivity contribution is -0.186. The van der Waals surface area contributed by atoms with E-state index >= 15 is 0 Å². The highest BCUT2D eigenvalue weighted by Gasteiger charge is 2.71. The third-order valence-electron chi connectivity index (χ3n) is 11.0. The lowest BCUT2D eigenvalue weighted by Crippen LogP contribution is -2.65. The Labute approximate surface area is 274 Å². The monoisotopic (exact) mass is 648 g/mol. The number of hydrogen-bond donors (Lipinski definition) is 5. The summed E-state index contributed by atoms with van der Waals surface area (Å²) >= 11 is 0. The molecule has 13 atom stereocenters. The summed E-state index contributed by atoms with van der Waals surface area (Å²) in [6.45, 7) is 7.08. The van der Waals surface area contributed by atoms with Gasteiger partial charge in [0, 0.05) is 48.5 Å². The van der Waals surface area contributed by atoms with E-state index in [0.29, 0.717) is 16.8 Å². The average molecular weight is 649 g/mol. The SMILES string of the molecule is CO[C@H]1C[C@H]2C=CC3C(C4[C@H]3[C@H](OC(=O)c3cc(NC(=O)c5ccccc5)c[nH]3)[C@H](C)[C@H]4O)[C@]2(O)/C(C)=C/[C@@H](C)C([C@@H](C)O)OC1=O. The number of aliphatic hydroxyl groups is 3. The van der Waals surface area contributed by atoms with Crippen molar-refractivity contribution in [1.29, 1.82) is 0 Å². The van der Waals surface area contributed by atoms with Crippen molar-refractivity contribution >= 4 is 23.5 Å². The highest BCUT2D eigenvalue weighted by Crippen LogP contribution is 2.66. The number of rotatable bonds is 6. The molecule has 1 aromatic carbocycles. The molecule has 0 saturated heterocycles. The second-order valence-electron chi connectivity index (χ2n) is 13.7. The molecule has 252 valence electrons. The number of anilines is 1. The predicted octanol–water partition coefficient (Wildman–Crippen LogP) is 3.49. The average Bonchev–Trinajstić information content (AvgIpc) is 3.58. The molecular formula is C36H44N2O9. The number of carbonyl (C=O) groups excluding carboxylic acids is 3. The van der Waals surface area contributed by atoms with Crippen molar-refractivity contribution < 1.29 is 43.9 Å². The molecule has 3 aliphatic carbocycles. The zero-order valence-corrected chi connectivity index (χ0v) is 27.2.